The predicted molar refractivity (Wildman–Crippen MR) is 117 cm³/mol. The topological polar surface area (TPSA) is 90.5 Å². The van der Waals surface area contributed by atoms with Crippen molar-refractivity contribution < 1.29 is 26.4 Å². The number of hydrogen-bond acceptors (Lipinski definition) is 4. The summed E-state index contributed by atoms with van der Waals surface area (Å²) >= 11 is 0. The molecular weight excluding hydrogens is 445 g/mol. The number of nitrogens with zero attached hydrogens (tertiary/aromatic N) is 1. The number of urea groups is 1. The molecule has 0 unspecified atom stereocenters. The van der Waals surface area contributed by atoms with Crippen LogP contribution in [0.25, 0.3) is 0 Å². The maximum absolute atomic E-state index is 13.2. The number of benzene rings is 2. The minimum absolute atomic E-state index is 0.104. The third-order valence-electron chi connectivity index (χ3n) is 5.16. The highest BCUT2D eigenvalue weighted by Gasteiger charge is 2.32. The normalized spacial score (nSPS) is 14.4. The lowest BCUT2D eigenvalue weighted by atomic mass is 10.1. The lowest BCUT2D eigenvalue weighted by molar-refractivity contribution is -0.137. The molecule has 0 atom stereocenters. The number of halogens is 3. The Hall–Kier alpha value is -2.79. The van der Waals surface area contributed by atoms with E-state index >= 15 is 0 Å². The van der Waals surface area contributed by atoms with E-state index in [1.165, 1.54) is 13.1 Å². The Kier molecular flexibility index (Phi) is 7.29. The van der Waals surface area contributed by atoms with E-state index < -0.39 is 27.8 Å². The van der Waals surface area contributed by atoms with Crippen LogP contribution in [0.3, 0.4) is 0 Å². The molecule has 1 fully saturated rings. The van der Waals surface area contributed by atoms with Crippen molar-refractivity contribution in [1.82, 2.24) is 10.0 Å². The molecule has 0 aliphatic carbocycles. The van der Waals surface area contributed by atoms with Gasteiger partial charge in [0.15, 0.2) is 0 Å². The Morgan fingerprint density at radius 3 is 2.25 bits per heavy atom. The van der Waals surface area contributed by atoms with Crippen molar-refractivity contribution in [1.29, 1.82) is 0 Å². The lowest BCUT2D eigenvalue weighted by Gasteiger charge is -2.23. The van der Waals surface area contributed by atoms with E-state index in [0.29, 0.717) is 11.3 Å². The van der Waals surface area contributed by atoms with Crippen molar-refractivity contribution in [3.8, 4) is 0 Å². The SMILES string of the molecule is CNS(=O)(=O)Cc1ccc(CNC(=O)Nc2cc(C(F)(F)F)ccc2N2CCCC2)cc1. The third-order valence-corrected chi connectivity index (χ3v) is 6.50. The molecule has 2 aromatic rings. The number of carbonyl (C=O) groups excluding carboxylic acids is 1. The molecule has 2 aromatic carbocycles. The molecule has 3 rings (SSSR count). The van der Waals surface area contributed by atoms with Gasteiger partial charge in [0.05, 0.1) is 22.7 Å². The molecule has 1 aliphatic rings. The quantitative estimate of drug-likeness (QED) is 0.576. The summed E-state index contributed by atoms with van der Waals surface area (Å²) in [5, 5.41) is 5.16. The van der Waals surface area contributed by atoms with Crippen LogP contribution in [0.4, 0.5) is 29.3 Å². The second kappa shape index (κ2) is 9.78. The second-order valence-electron chi connectivity index (χ2n) is 7.51. The summed E-state index contributed by atoms with van der Waals surface area (Å²) in [5.74, 6) is -0.160. The molecule has 0 spiro atoms. The number of nitrogens with one attached hydrogen (secondary N) is 3. The van der Waals surface area contributed by atoms with Crippen LogP contribution in [0.15, 0.2) is 42.5 Å². The van der Waals surface area contributed by atoms with Crippen molar-refractivity contribution in [3.63, 3.8) is 0 Å². The summed E-state index contributed by atoms with van der Waals surface area (Å²) in [5.41, 5.74) is 1.14. The van der Waals surface area contributed by atoms with E-state index in [4.69, 9.17) is 0 Å². The molecule has 2 amide bonds. The maximum Gasteiger partial charge on any atom is 0.416 e. The summed E-state index contributed by atoms with van der Waals surface area (Å²) in [4.78, 5) is 14.3. The molecule has 0 radical (unpaired) electrons. The largest absolute Gasteiger partial charge is 0.416 e. The van der Waals surface area contributed by atoms with Crippen LogP contribution >= 0.6 is 0 Å². The Morgan fingerprint density at radius 1 is 1.03 bits per heavy atom. The van der Waals surface area contributed by atoms with Gasteiger partial charge in [-0.3, -0.25) is 0 Å². The van der Waals surface area contributed by atoms with Crippen LogP contribution in [0.1, 0.15) is 29.5 Å². The molecule has 0 aromatic heterocycles. The number of anilines is 2. The summed E-state index contributed by atoms with van der Waals surface area (Å²) in [6.07, 6.45) is -2.63. The van der Waals surface area contributed by atoms with Crippen LogP contribution in [0.2, 0.25) is 0 Å². The van der Waals surface area contributed by atoms with Crippen molar-refractivity contribution in [3.05, 3.63) is 59.2 Å². The van der Waals surface area contributed by atoms with Crippen LogP contribution in [0.5, 0.6) is 0 Å². The fourth-order valence-electron chi connectivity index (χ4n) is 3.44. The summed E-state index contributed by atoms with van der Waals surface area (Å²) in [7, 11) is -2.05. The molecule has 1 aliphatic heterocycles. The van der Waals surface area contributed by atoms with Crippen molar-refractivity contribution in [2.75, 3.05) is 30.4 Å². The molecule has 174 valence electrons. The van der Waals surface area contributed by atoms with Gasteiger partial charge < -0.3 is 15.5 Å². The average molecular weight is 471 g/mol. The second-order valence-corrected chi connectivity index (χ2v) is 9.44. The number of sulfonamides is 1. The molecule has 7 nitrogen and oxygen atoms in total. The van der Waals surface area contributed by atoms with Gasteiger partial charge in [-0.1, -0.05) is 24.3 Å². The maximum atomic E-state index is 13.2. The highest BCUT2D eigenvalue weighted by atomic mass is 32.2. The van der Waals surface area contributed by atoms with Gasteiger partial charge in [0.25, 0.3) is 0 Å². The Balaban J connectivity index is 1.66. The average Bonchev–Trinajstić information content (AvgIpc) is 3.27. The van der Waals surface area contributed by atoms with Crippen LogP contribution in [-0.4, -0.2) is 34.6 Å². The minimum Gasteiger partial charge on any atom is -0.370 e. The summed E-state index contributed by atoms with van der Waals surface area (Å²) < 4.78 is 64.9. The third kappa shape index (κ3) is 6.36. The first kappa shape index (κ1) is 23.9. The van der Waals surface area contributed by atoms with Gasteiger partial charge in [-0.05, 0) is 49.2 Å². The zero-order valence-electron chi connectivity index (χ0n) is 17.5. The molecule has 0 bridgehead atoms. The Bertz CT molecular complexity index is 1050. The van der Waals surface area contributed by atoms with Gasteiger partial charge in [-0.15, -0.1) is 0 Å². The van der Waals surface area contributed by atoms with Crippen molar-refractivity contribution in [2.45, 2.75) is 31.3 Å². The standard InChI is InChI=1S/C21H25F3N4O3S/c1-25-32(30,31)14-16-6-4-15(5-7-16)13-26-20(29)27-18-12-17(21(22,23)24)8-9-19(18)28-10-2-3-11-28/h4-9,12,25H,2-3,10-11,13-14H2,1H3,(H2,26,27,29). The molecule has 1 saturated heterocycles. The van der Waals surface area contributed by atoms with Crippen LogP contribution in [0, 0.1) is 0 Å². The van der Waals surface area contributed by atoms with Gasteiger partial charge in [-0.25, -0.2) is 17.9 Å². The van der Waals surface area contributed by atoms with E-state index in [-0.39, 0.29) is 18.0 Å². The van der Waals surface area contributed by atoms with Gasteiger partial charge >= 0.3 is 12.2 Å². The molecule has 0 saturated carbocycles. The first-order valence-electron chi connectivity index (χ1n) is 10.1. The summed E-state index contributed by atoms with van der Waals surface area (Å²) in [6, 6.07) is 9.37. The molecule has 11 heteroatoms. The Morgan fingerprint density at radius 2 is 1.66 bits per heavy atom. The van der Waals surface area contributed by atoms with Crippen LogP contribution in [-0.2, 0) is 28.5 Å². The molecule has 1 heterocycles. The van der Waals surface area contributed by atoms with Gasteiger partial charge in [0.2, 0.25) is 10.0 Å². The minimum atomic E-state index is -4.51. The zero-order valence-corrected chi connectivity index (χ0v) is 18.3. The number of amides is 2. The zero-order chi connectivity index (χ0) is 23.4. The Labute approximate surface area is 185 Å². The first-order valence-corrected chi connectivity index (χ1v) is 11.7. The van der Waals surface area contributed by atoms with Gasteiger partial charge in [-0.2, -0.15) is 13.2 Å². The highest BCUT2D eigenvalue weighted by Crippen LogP contribution is 2.36. The number of rotatable bonds is 7. The fraction of sp³-hybridized carbons (Fsp3) is 0.381. The van der Waals surface area contributed by atoms with E-state index in [1.54, 1.807) is 24.3 Å². The molecule has 3 N–H and O–H groups in total. The number of carbonyl (C=O) groups is 1. The molecule has 32 heavy (non-hydrogen) atoms. The van der Waals surface area contributed by atoms with E-state index in [0.717, 1.165) is 43.6 Å². The predicted octanol–water partition coefficient (Wildman–Crippen LogP) is 3.68. The monoisotopic (exact) mass is 470 g/mol. The van der Waals surface area contributed by atoms with Crippen molar-refractivity contribution >= 4 is 27.4 Å². The van der Waals surface area contributed by atoms with Gasteiger partial charge in [0, 0.05) is 19.6 Å². The van der Waals surface area contributed by atoms with E-state index in [1.807, 2.05) is 4.90 Å². The smallest absolute Gasteiger partial charge is 0.370 e. The number of hydrogen-bond donors (Lipinski definition) is 3. The van der Waals surface area contributed by atoms with Gasteiger partial charge in [0.1, 0.15) is 0 Å². The van der Waals surface area contributed by atoms with Crippen molar-refractivity contribution in [2.24, 2.45) is 0 Å². The summed E-state index contributed by atoms with van der Waals surface area (Å²) in [6.45, 7) is 1.57. The number of alkyl halides is 3. The van der Waals surface area contributed by atoms with Crippen LogP contribution < -0.4 is 20.3 Å². The molecular formula is C21H25F3N4O3S. The lowest BCUT2D eigenvalue weighted by Crippen LogP contribution is -2.29. The highest BCUT2D eigenvalue weighted by molar-refractivity contribution is 7.88. The van der Waals surface area contributed by atoms with E-state index in [9.17, 15) is 26.4 Å². The van der Waals surface area contributed by atoms with E-state index in [2.05, 4.69) is 15.4 Å². The first-order chi connectivity index (χ1) is 15.1. The fourth-order valence-corrected chi connectivity index (χ4v) is 4.22.